The van der Waals surface area contributed by atoms with Crippen LogP contribution in [0.4, 0.5) is 5.69 Å². The van der Waals surface area contributed by atoms with Crippen molar-refractivity contribution < 1.29 is 9.32 Å². The fourth-order valence-corrected chi connectivity index (χ4v) is 2.32. The molecule has 122 valence electrons. The first kappa shape index (κ1) is 15.9. The molecule has 1 amide bonds. The van der Waals surface area contributed by atoms with Crippen molar-refractivity contribution in [1.29, 1.82) is 0 Å². The zero-order valence-electron chi connectivity index (χ0n) is 13.3. The standard InChI is InChI=1S/C18H18N4O2/c1-2-19-11-15-5-3-4-6-16(15)21-18(23)14-9-7-13(8-10-14)17-20-12-24-22-17/h3-10,12,19H,2,11H2,1H3,(H,21,23). The van der Waals surface area contributed by atoms with Gasteiger partial charge in [0.2, 0.25) is 12.2 Å². The lowest BCUT2D eigenvalue weighted by Crippen LogP contribution is -2.17. The number of amides is 1. The van der Waals surface area contributed by atoms with Crippen LogP contribution < -0.4 is 10.6 Å². The van der Waals surface area contributed by atoms with Crippen LogP contribution in [0.25, 0.3) is 11.4 Å². The van der Waals surface area contributed by atoms with Crippen LogP contribution in [0.3, 0.4) is 0 Å². The van der Waals surface area contributed by atoms with Gasteiger partial charge in [0.1, 0.15) is 0 Å². The van der Waals surface area contributed by atoms with E-state index in [1.807, 2.05) is 31.2 Å². The molecule has 24 heavy (non-hydrogen) atoms. The molecule has 6 heteroatoms. The smallest absolute Gasteiger partial charge is 0.255 e. The van der Waals surface area contributed by atoms with Gasteiger partial charge in [0, 0.05) is 23.4 Å². The van der Waals surface area contributed by atoms with Crippen LogP contribution in [0, 0.1) is 0 Å². The minimum Gasteiger partial charge on any atom is -0.342 e. The maximum Gasteiger partial charge on any atom is 0.255 e. The number of nitrogens with zero attached hydrogens (tertiary/aromatic N) is 2. The maximum absolute atomic E-state index is 12.5. The Kier molecular flexibility index (Phi) is 4.98. The fraction of sp³-hybridized carbons (Fsp3) is 0.167. The number of carbonyl (C=O) groups is 1. The number of hydrogen-bond acceptors (Lipinski definition) is 5. The average Bonchev–Trinajstić information content (AvgIpc) is 3.16. The molecule has 1 heterocycles. The van der Waals surface area contributed by atoms with Crippen molar-refractivity contribution in [3.05, 3.63) is 66.1 Å². The molecule has 0 unspecified atom stereocenters. The SMILES string of the molecule is CCNCc1ccccc1NC(=O)c1ccc(-c2ncon2)cc1. The third-order valence-corrected chi connectivity index (χ3v) is 3.60. The van der Waals surface area contributed by atoms with Gasteiger partial charge in [-0.3, -0.25) is 4.79 Å². The third-order valence-electron chi connectivity index (χ3n) is 3.60. The van der Waals surface area contributed by atoms with E-state index in [-0.39, 0.29) is 5.91 Å². The number of para-hydroxylation sites is 1. The number of carbonyl (C=O) groups excluding carboxylic acids is 1. The topological polar surface area (TPSA) is 80.0 Å². The Morgan fingerprint density at radius 3 is 2.62 bits per heavy atom. The van der Waals surface area contributed by atoms with Gasteiger partial charge in [-0.2, -0.15) is 4.98 Å². The second kappa shape index (κ2) is 7.52. The molecule has 0 radical (unpaired) electrons. The molecule has 0 bridgehead atoms. The Bertz CT molecular complexity index is 798. The highest BCUT2D eigenvalue weighted by molar-refractivity contribution is 6.04. The number of nitrogens with one attached hydrogen (secondary N) is 2. The summed E-state index contributed by atoms with van der Waals surface area (Å²) in [5.74, 6) is 0.344. The first-order valence-corrected chi connectivity index (χ1v) is 7.74. The van der Waals surface area contributed by atoms with Gasteiger partial charge in [-0.25, -0.2) is 0 Å². The lowest BCUT2D eigenvalue weighted by atomic mass is 10.1. The van der Waals surface area contributed by atoms with E-state index < -0.39 is 0 Å². The summed E-state index contributed by atoms with van der Waals surface area (Å²) in [6.45, 7) is 3.63. The molecule has 0 fully saturated rings. The number of benzene rings is 2. The second-order valence-corrected chi connectivity index (χ2v) is 5.22. The van der Waals surface area contributed by atoms with Gasteiger partial charge < -0.3 is 15.2 Å². The summed E-state index contributed by atoms with van der Waals surface area (Å²) in [6, 6.07) is 14.8. The Labute approximate surface area is 139 Å². The molecule has 1 aromatic heterocycles. The molecule has 0 aliphatic rings. The van der Waals surface area contributed by atoms with Crippen LogP contribution >= 0.6 is 0 Å². The molecule has 0 spiro atoms. The van der Waals surface area contributed by atoms with Gasteiger partial charge in [-0.1, -0.05) is 42.4 Å². The van der Waals surface area contributed by atoms with Crippen molar-refractivity contribution in [2.24, 2.45) is 0 Å². The molecule has 2 N–H and O–H groups in total. The van der Waals surface area contributed by atoms with E-state index in [1.54, 1.807) is 24.3 Å². The van der Waals surface area contributed by atoms with Gasteiger partial charge in [-0.15, -0.1) is 0 Å². The molecule has 0 saturated carbocycles. The zero-order chi connectivity index (χ0) is 16.8. The Morgan fingerprint density at radius 2 is 1.92 bits per heavy atom. The highest BCUT2D eigenvalue weighted by Crippen LogP contribution is 2.18. The third kappa shape index (κ3) is 3.67. The monoisotopic (exact) mass is 322 g/mol. The molecule has 0 aliphatic carbocycles. The van der Waals surface area contributed by atoms with Gasteiger partial charge in [-0.05, 0) is 30.3 Å². The number of aromatic nitrogens is 2. The first-order chi connectivity index (χ1) is 11.8. The van der Waals surface area contributed by atoms with Crippen molar-refractivity contribution >= 4 is 11.6 Å². The van der Waals surface area contributed by atoms with E-state index in [9.17, 15) is 4.79 Å². The van der Waals surface area contributed by atoms with Crippen molar-refractivity contribution in [2.45, 2.75) is 13.5 Å². The Hall–Kier alpha value is -2.99. The van der Waals surface area contributed by atoms with E-state index >= 15 is 0 Å². The van der Waals surface area contributed by atoms with Crippen LogP contribution in [0.2, 0.25) is 0 Å². The molecule has 0 aliphatic heterocycles. The van der Waals surface area contributed by atoms with Crippen LogP contribution in [0.15, 0.2) is 59.4 Å². The summed E-state index contributed by atoms with van der Waals surface area (Å²) in [7, 11) is 0. The van der Waals surface area contributed by atoms with Crippen LogP contribution in [0.5, 0.6) is 0 Å². The summed E-state index contributed by atoms with van der Waals surface area (Å²) in [5, 5.41) is 10.0. The minimum absolute atomic E-state index is 0.154. The Morgan fingerprint density at radius 1 is 1.12 bits per heavy atom. The van der Waals surface area contributed by atoms with E-state index in [1.165, 1.54) is 6.39 Å². The van der Waals surface area contributed by atoms with Crippen LogP contribution in [-0.2, 0) is 6.54 Å². The first-order valence-electron chi connectivity index (χ1n) is 7.74. The van der Waals surface area contributed by atoms with E-state index in [0.717, 1.165) is 23.4 Å². The largest absolute Gasteiger partial charge is 0.342 e. The molecular formula is C18H18N4O2. The van der Waals surface area contributed by atoms with E-state index in [0.29, 0.717) is 17.9 Å². The second-order valence-electron chi connectivity index (χ2n) is 5.22. The highest BCUT2D eigenvalue weighted by atomic mass is 16.5. The van der Waals surface area contributed by atoms with Crippen LogP contribution in [-0.4, -0.2) is 22.6 Å². The number of anilines is 1. The zero-order valence-corrected chi connectivity index (χ0v) is 13.3. The molecular weight excluding hydrogens is 304 g/mol. The molecule has 0 saturated heterocycles. The lowest BCUT2D eigenvalue weighted by Gasteiger charge is -2.11. The predicted octanol–water partition coefficient (Wildman–Crippen LogP) is 3.10. The van der Waals surface area contributed by atoms with Crippen molar-refractivity contribution in [3.63, 3.8) is 0 Å². The predicted molar refractivity (Wildman–Crippen MR) is 91.5 cm³/mol. The molecule has 0 atom stereocenters. The van der Waals surface area contributed by atoms with E-state index in [2.05, 4.69) is 20.8 Å². The van der Waals surface area contributed by atoms with Gasteiger partial charge in [0.15, 0.2) is 0 Å². The van der Waals surface area contributed by atoms with Crippen molar-refractivity contribution in [2.75, 3.05) is 11.9 Å². The van der Waals surface area contributed by atoms with Gasteiger partial charge >= 0.3 is 0 Å². The lowest BCUT2D eigenvalue weighted by molar-refractivity contribution is 0.102. The molecule has 6 nitrogen and oxygen atoms in total. The Balaban J connectivity index is 1.73. The van der Waals surface area contributed by atoms with Crippen LogP contribution in [0.1, 0.15) is 22.8 Å². The molecule has 2 aromatic carbocycles. The highest BCUT2D eigenvalue weighted by Gasteiger charge is 2.10. The quantitative estimate of drug-likeness (QED) is 0.729. The van der Waals surface area contributed by atoms with Gasteiger partial charge in [0.25, 0.3) is 5.91 Å². The summed E-state index contributed by atoms with van der Waals surface area (Å²) in [5.41, 5.74) is 3.23. The molecule has 3 rings (SSSR count). The normalized spacial score (nSPS) is 10.5. The molecule has 3 aromatic rings. The van der Waals surface area contributed by atoms with E-state index in [4.69, 9.17) is 4.52 Å². The van der Waals surface area contributed by atoms with Crippen molar-refractivity contribution in [3.8, 4) is 11.4 Å². The summed E-state index contributed by atoms with van der Waals surface area (Å²) < 4.78 is 4.72. The number of hydrogen-bond donors (Lipinski definition) is 2. The average molecular weight is 322 g/mol. The van der Waals surface area contributed by atoms with Gasteiger partial charge in [0.05, 0.1) is 0 Å². The maximum atomic E-state index is 12.5. The summed E-state index contributed by atoms with van der Waals surface area (Å²) >= 11 is 0. The summed E-state index contributed by atoms with van der Waals surface area (Å²) in [4.78, 5) is 16.4. The number of rotatable bonds is 6. The minimum atomic E-state index is -0.154. The summed E-state index contributed by atoms with van der Waals surface area (Å²) in [6.07, 6.45) is 1.28. The van der Waals surface area contributed by atoms with Crippen molar-refractivity contribution in [1.82, 2.24) is 15.5 Å². The fourth-order valence-electron chi connectivity index (χ4n) is 2.32.